The highest BCUT2D eigenvalue weighted by Crippen LogP contribution is 2.23. The molecule has 122 valence electrons. The maximum atomic E-state index is 12.4. The normalized spacial score (nSPS) is 21.0. The quantitative estimate of drug-likeness (QED) is 0.849. The molecule has 2 fully saturated rings. The Kier molecular flexibility index (Phi) is 4.76. The van der Waals surface area contributed by atoms with Crippen LogP contribution in [0.5, 0.6) is 0 Å². The molecule has 0 aromatic carbocycles. The van der Waals surface area contributed by atoms with Gasteiger partial charge in [0.1, 0.15) is 12.2 Å². The average Bonchev–Trinajstić information content (AvgIpc) is 3.18. The van der Waals surface area contributed by atoms with Gasteiger partial charge in [-0.3, -0.25) is 9.69 Å². The van der Waals surface area contributed by atoms with Crippen molar-refractivity contribution in [3.8, 4) is 0 Å². The Hall–Kier alpha value is -1.43. The first-order valence-electron chi connectivity index (χ1n) is 8.54. The number of hydrogen-bond donors (Lipinski definition) is 0. The molecule has 0 aliphatic carbocycles. The summed E-state index contributed by atoms with van der Waals surface area (Å²) in [6.45, 7) is 9.03. The number of piperidine rings is 1. The zero-order chi connectivity index (χ0) is 15.5. The van der Waals surface area contributed by atoms with Gasteiger partial charge < -0.3 is 9.47 Å². The molecular weight excluding hydrogens is 278 g/mol. The summed E-state index contributed by atoms with van der Waals surface area (Å²) in [4.78, 5) is 16.9. The molecule has 1 amide bonds. The van der Waals surface area contributed by atoms with Gasteiger partial charge in [-0.15, -0.1) is 10.2 Å². The first-order valence-corrected chi connectivity index (χ1v) is 8.54. The minimum atomic E-state index is 0.234. The Morgan fingerprint density at radius 1 is 1.23 bits per heavy atom. The highest BCUT2D eigenvalue weighted by Gasteiger charge is 2.30. The van der Waals surface area contributed by atoms with Crippen LogP contribution in [0.3, 0.4) is 0 Å². The van der Waals surface area contributed by atoms with Crippen LogP contribution in [0.1, 0.15) is 51.4 Å². The second-order valence-corrected chi connectivity index (χ2v) is 6.83. The van der Waals surface area contributed by atoms with E-state index in [-0.39, 0.29) is 5.92 Å². The molecule has 3 rings (SSSR count). The molecule has 2 saturated heterocycles. The third kappa shape index (κ3) is 3.32. The van der Waals surface area contributed by atoms with E-state index in [9.17, 15) is 4.79 Å². The van der Waals surface area contributed by atoms with Crippen LogP contribution in [0.4, 0.5) is 0 Å². The van der Waals surface area contributed by atoms with Gasteiger partial charge in [0.25, 0.3) is 0 Å². The van der Waals surface area contributed by atoms with Gasteiger partial charge in [-0.05, 0) is 52.6 Å². The van der Waals surface area contributed by atoms with Crippen LogP contribution in [-0.4, -0.2) is 56.7 Å². The Balaban J connectivity index is 1.51. The van der Waals surface area contributed by atoms with Crippen molar-refractivity contribution in [1.82, 2.24) is 24.6 Å². The van der Waals surface area contributed by atoms with Crippen molar-refractivity contribution >= 4 is 5.91 Å². The number of rotatable bonds is 4. The molecule has 0 N–H and O–H groups in total. The molecule has 0 atom stereocenters. The molecule has 0 bridgehead atoms. The molecule has 6 nitrogen and oxygen atoms in total. The third-order valence-electron chi connectivity index (χ3n) is 4.92. The smallest absolute Gasteiger partial charge is 0.225 e. The summed E-state index contributed by atoms with van der Waals surface area (Å²) in [6.07, 6.45) is 6.12. The van der Waals surface area contributed by atoms with Crippen molar-refractivity contribution in [1.29, 1.82) is 0 Å². The standard InChI is InChI=1S/C16H27N5O/c1-13(2)21-12-17-18-15(21)11-19-9-5-14(6-10-19)16(22)20-7-3-4-8-20/h12-14H,3-11H2,1-2H3. The van der Waals surface area contributed by atoms with Crippen molar-refractivity contribution in [2.75, 3.05) is 26.2 Å². The van der Waals surface area contributed by atoms with E-state index in [4.69, 9.17) is 0 Å². The van der Waals surface area contributed by atoms with Gasteiger partial charge in [0.15, 0.2) is 0 Å². The lowest BCUT2D eigenvalue weighted by atomic mass is 9.95. The lowest BCUT2D eigenvalue weighted by Crippen LogP contribution is -2.41. The zero-order valence-corrected chi connectivity index (χ0v) is 13.7. The third-order valence-corrected chi connectivity index (χ3v) is 4.92. The molecule has 0 spiro atoms. The highest BCUT2D eigenvalue weighted by molar-refractivity contribution is 5.79. The number of nitrogens with zero attached hydrogens (tertiary/aromatic N) is 5. The van der Waals surface area contributed by atoms with Crippen molar-refractivity contribution < 1.29 is 4.79 Å². The molecule has 3 heterocycles. The molecule has 2 aliphatic heterocycles. The minimum Gasteiger partial charge on any atom is -0.342 e. The summed E-state index contributed by atoms with van der Waals surface area (Å²) in [5, 5.41) is 8.27. The van der Waals surface area contributed by atoms with E-state index in [1.165, 1.54) is 12.8 Å². The van der Waals surface area contributed by atoms with Gasteiger partial charge in [-0.1, -0.05) is 0 Å². The molecule has 1 aromatic rings. The first-order chi connectivity index (χ1) is 10.6. The zero-order valence-electron chi connectivity index (χ0n) is 13.7. The molecule has 1 aromatic heterocycles. The number of carbonyl (C=O) groups is 1. The summed E-state index contributed by atoms with van der Waals surface area (Å²) in [6, 6.07) is 0.388. The van der Waals surface area contributed by atoms with Gasteiger partial charge in [0, 0.05) is 25.0 Å². The highest BCUT2D eigenvalue weighted by atomic mass is 16.2. The van der Waals surface area contributed by atoms with Gasteiger partial charge >= 0.3 is 0 Å². The largest absolute Gasteiger partial charge is 0.342 e. The van der Waals surface area contributed by atoms with Crippen LogP contribution in [0.2, 0.25) is 0 Å². The van der Waals surface area contributed by atoms with E-state index in [0.717, 1.165) is 51.4 Å². The van der Waals surface area contributed by atoms with Gasteiger partial charge in [-0.25, -0.2) is 0 Å². The minimum absolute atomic E-state index is 0.234. The fourth-order valence-corrected chi connectivity index (χ4v) is 3.54. The Morgan fingerprint density at radius 3 is 2.55 bits per heavy atom. The van der Waals surface area contributed by atoms with Crippen molar-refractivity contribution in [2.24, 2.45) is 5.92 Å². The van der Waals surface area contributed by atoms with E-state index >= 15 is 0 Å². The number of aromatic nitrogens is 3. The van der Waals surface area contributed by atoms with E-state index in [0.29, 0.717) is 11.9 Å². The van der Waals surface area contributed by atoms with Crippen LogP contribution < -0.4 is 0 Å². The summed E-state index contributed by atoms with van der Waals surface area (Å²) in [7, 11) is 0. The van der Waals surface area contributed by atoms with Crippen LogP contribution in [-0.2, 0) is 11.3 Å². The number of hydrogen-bond acceptors (Lipinski definition) is 4. The summed E-state index contributed by atoms with van der Waals surface area (Å²) < 4.78 is 2.13. The number of amides is 1. The molecular formula is C16H27N5O. The Morgan fingerprint density at radius 2 is 1.91 bits per heavy atom. The number of carbonyl (C=O) groups excluding carboxylic acids is 1. The van der Waals surface area contributed by atoms with Crippen LogP contribution >= 0.6 is 0 Å². The maximum Gasteiger partial charge on any atom is 0.225 e. The van der Waals surface area contributed by atoms with Crippen LogP contribution in [0, 0.1) is 5.92 Å². The van der Waals surface area contributed by atoms with E-state index in [1.807, 2.05) is 6.33 Å². The molecule has 6 heteroatoms. The predicted molar refractivity (Wildman–Crippen MR) is 84.2 cm³/mol. The maximum absolute atomic E-state index is 12.4. The van der Waals surface area contributed by atoms with E-state index < -0.39 is 0 Å². The van der Waals surface area contributed by atoms with Gasteiger partial charge in [0.05, 0.1) is 6.54 Å². The fraction of sp³-hybridized carbons (Fsp3) is 0.812. The summed E-state index contributed by atoms with van der Waals surface area (Å²) >= 11 is 0. The SMILES string of the molecule is CC(C)n1cnnc1CN1CCC(C(=O)N2CCCC2)CC1. The number of likely N-dealkylation sites (tertiary alicyclic amines) is 2. The predicted octanol–water partition coefficient (Wildman–Crippen LogP) is 1.69. The molecule has 2 aliphatic rings. The fourth-order valence-electron chi connectivity index (χ4n) is 3.54. The molecule has 0 radical (unpaired) electrons. The lowest BCUT2D eigenvalue weighted by Gasteiger charge is -2.33. The van der Waals surface area contributed by atoms with Crippen LogP contribution in [0.15, 0.2) is 6.33 Å². The molecule has 0 unspecified atom stereocenters. The second-order valence-electron chi connectivity index (χ2n) is 6.83. The van der Waals surface area contributed by atoms with Crippen molar-refractivity contribution in [3.63, 3.8) is 0 Å². The summed E-state index contributed by atoms with van der Waals surface area (Å²) in [5.41, 5.74) is 0. The second kappa shape index (κ2) is 6.77. The Labute approximate surface area is 132 Å². The monoisotopic (exact) mass is 305 g/mol. The average molecular weight is 305 g/mol. The van der Waals surface area contributed by atoms with Crippen molar-refractivity contribution in [2.45, 2.75) is 52.1 Å². The summed E-state index contributed by atoms with van der Waals surface area (Å²) in [5.74, 6) is 1.65. The lowest BCUT2D eigenvalue weighted by molar-refractivity contribution is -0.136. The molecule has 22 heavy (non-hydrogen) atoms. The van der Waals surface area contributed by atoms with Crippen molar-refractivity contribution in [3.05, 3.63) is 12.2 Å². The van der Waals surface area contributed by atoms with Crippen LogP contribution in [0.25, 0.3) is 0 Å². The van der Waals surface area contributed by atoms with Gasteiger partial charge in [-0.2, -0.15) is 0 Å². The topological polar surface area (TPSA) is 54.3 Å². The first kappa shape index (κ1) is 15.5. The molecule has 0 saturated carbocycles. The van der Waals surface area contributed by atoms with E-state index in [1.54, 1.807) is 0 Å². The Bertz CT molecular complexity index is 498. The van der Waals surface area contributed by atoms with E-state index in [2.05, 4.69) is 38.4 Å². The van der Waals surface area contributed by atoms with Gasteiger partial charge in [0.2, 0.25) is 5.91 Å².